The van der Waals surface area contributed by atoms with Crippen molar-refractivity contribution >= 4 is 29.3 Å². The van der Waals surface area contributed by atoms with Gasteiger partial charge in [-0.1, -0.05) is 0 Å². The molecule has 0 spiro atoms. The van der Waals surface area contributed by atoms with Gasteiger partial charge in [0.2, 0.25) is 17.7 Å². The van der Waals surface area contributed by atoms with Crippen LogP contribution in [0.5, 0.6) is 0 Å². The number of nitrogens with zero attached hydrogens (tertiary/aromatic N) is 7. The van der Waals surface area contributed by atoms with E-state index in [1.165, 1.54) is 16.8 Å². The number of nitrogen functional groups attached to an aromatic ring is 1. The molecule has 2 saturated heterocycles. The van der Waals surface area contributed by atoms with Crippen molar-refractivity contribution in [1.82, 2.24) is 40.1 Å². The van der Waals surface area contributed by atoms with Crippen LogP contribution in [0.25, 0.3) is 17.4 Å². The van der Waals surface area contributed by atoms with Gasteiger partial charge in [0.05, 0.1) is 30.7 Å². The molecule has 2 fully saturated rings. The number of hydrogen-bond donors (Lipinski definition) is 4. The first-order chi connectivity index (χ1) is 20.4. The molecule has 0 bridgehead atoms. The van der Waals surface area contributed by atoms with E-state index in [1.54, 1.807) is 12.1 Å². The van der Waals surface area contributed by atoms with E-state index in [2.05, 4.69) is 40.9 Å². The van der Waals surface area contributed by atoms with Crippen LogP contribution in [0.4, 0.5) is 26.4 Å². The number of aromatic nitrogens is 5. The zero-order valence-corrected chi connectivity index (χ0v) is 22.7. The number of piperazine rings is 1. The molecule has 5 N–H and O–H groups in total. The Morgan fingerprint density at radius 3 is 2.76 bits per heavy atom. The van der Waals surface area contributed by atoms with Gasteiger partial charge in [-0.3, -0.25) is 9.69 Å². The maximum Gasteiger partial charge on any atom is 0.259 e. The average Bonchev–Trinajstić information content (AvgIpc) is 3.68. The number of ether oxygens (including phenoxy) is 1. The second-order valence-electron chi connectivity index (χ2n) is 10.0. The first-order valence-electron chi connectivity index (χ1n) is 13.7. The minimum atomic E-state index is -0.893. The van der Waals surface area contributed by atoms with Crippen molar-refractivity contribution in [3.8, 4) is 11.6 Å². The van der Waals surface area contributed by atoms with Gasteiger partial charge in [-0.2, -0.15) is 19.5 Å². The van der Waals surface area contributed by atoms with Crippen molar-refractivity contribution in [2.24, 2.45) is 0 Å². The number of rotatable bonds is 9. The summed E-state index contributed by atoms with van der Waals surface area (Å²) in [6.45, 7) is 5.57. The number of carbonyl (C=O) groups is 1. The second-order valence-corrected chi connectivity index (χ2v) is 10.0. The molecular weight excluding hydrogens is 552 g/mol. The first kappa shape index (κ1) is 27.7. The number of benzene rings is 1. The predicted octanol–water partition coefficient (Wildman–Crippen LogP) is 0.592. The molecule has 4 aromatic rings. The Hall–Kier alpha value is -4.41. The van der Waals surface area contributed by atoms with Gasteiger partial charge in [0, 0.05) is 64.5 Å². The third-order valence-electron chi connectivity index (χ3n) is 7.19. The molecule has 3 aromatic heterocycles. The summed E-state index contributed by atoms with van der Waals surface area (Å²) in [5, 5.41) is 13.4. The highest BCUT2D eigenvalue weighted by Crippen LogP contribution is 2.25. The van der Waals surface area contributed by atoms with Gasteiger partial charge in [-0.05, 0) is 18.2 Å². The van der Waals surface area contributed by atoms with Crippen molar-refractivity contribution in [3.05, 3.63) is 47.7 Å². The lowest BCUT2D eigenvalue weighted by molar-refractivity contribution is 0.0734. The molecule has 1 unspecified atom stereocenters. The summed E-state index contributed by atoms with van der Waals surface area (Å²) in [5.41, 5.74) is 6.07. The zero-order valence-electron chi connectivity index (χ0n) is 22.7. The summed E-state index contributed by atoms with van der Waals surface area (Å²) in [6, 6.07) is 5.50. The molecule has 1 amide bonds. The van der Waals surface area contributed by atoms with E-state index in [0.717, 1.165) is 6.07 Å². The molecule has 14 nitrogen and oxygen atoms in total. The highest BCUT2D eigenvalue weighted by molar-refractivity contribution is 5.95. The molecular formula is C26H31F2N11O3. The van der Waals surface area contributed by atoms with Crippen LogP contribution in [0.3, 0.4) is 0 Å². The van der Waals surface area contributed by atoms with Crippen LogP contribution in [-0.2, 0) is 4.74 Å². The minimum Gasteiger partial charge on any atom is -0.461 e. The van der Waals surface area contributed by atoms with Crippen LogP contribution in [0.2, 0.25) is 0 Å². The lowest BCUT2D eigenvalue weighted by atomic mass is 10.1. The van der Waals surface area contributed by atoms with Crippen molar-refractivity contribution < 1.29 is 22.7 Å². The van der Waals surface area contributed by atoms with E-state index < -0.39 is 17.5 Å². The van der Waals surface area contributed by atoms with Crippen LogP contribution in [0.1, 0.15) is 10.4 Å². The molecule has 1 atom stereocenters. The van der Waals surface area contributed by atoms with E-state index in [9.17, 15) is 13.6 Å². The lowest BCUT2D eigenvalue weighted by Crippen LogP contribution is -2.48. The maximum atomic E-state index is 14.8. The normalized spacial score (nSPS) is 18.0. The lowest BCUT2D eigenvalue weighted by Gasteiger charge is -2.36. The molecule has 42 heavy (non-hydrogen) atoms. The van der Waals surface area contributed by atoms with Gasteiger partial charge in [-0.25, -0.2) is 8.78 Å². The standard InChI is InChI=1S/C26H31F2N11O3/c27-18-13-19(28)20(12-17(18)23(40)32-14-16-15-41-11-4-30-16)38-8-6-37(7-9-38)5-3-31-25-34-24(29)39-26(35-25)33-22(36-39)21-2-1-10-42-21/h1-2,10,12-13,16,30H,3-9,11,14-15H2,(H,32,40)(H3,29,31,33,34,35,36). The fraction of sp³-hybridized carbons (Fsp3) is 0.423. The Kier molecular flexibility index (Phi) is 8.07. The van der Waals surface area contributed by atoms with E-state index in [-0.39, 0.29) is 29.8 Å². The Balaban J connectivity index is 1.01. The highest BCUT2D eigenvalue weighted by Gasteiger charge is 2.24. The molecule has 2 aliphatic rings. The van der Waals surface area contributed by atoms with Gasteiger partial charge < -0.3 is 35.7 Å². The van der Waals surface area contributed by atoms with Gasteiger partial charge in [0.15, 0.2) is 5.76 Å². The average molecular weight is 584 g/mol. The smallest absolute Gasteiger partial charge is 0.259 e. The third kappa shape index (κ3) is 6.09. The fourth-order valence-corrected chi connectivity index (χ4v) is 4.95. The molecule has 16 heteroatoms. The molecule has 1 aromatic carbocycles. The molecule has 5 heterocycles. The van der Waals surface area contributed by atoms with Crippen LogP contribution >= 0.6 is 0 Å². The molecule has 0 radical (unpaired) electrons. The second kappa shape index (κ2) is 12.2. The summed E-state index contributed by atoms with van der Waals surface area (Å²) >= 11 is 0. The van der Waals surface area contributed by atoms with E-state index in [0.29, 0.717) is 82.3 Å². The number of furan rings is 1. The summed E-state index contributed by atoms with van der Waals surface area (Å²) in [4.78, 5) is 29.7. The Morgan fingerprint density at radius 1 is 1.14 bits per heavy atom. The number of amides is 1. The van der Waals surface area contributed by atoms with Gasteiger partial charge in [0.1, 0.15) is 11.6 Å². The van der Waals surface area contributed by atoms with Crippen molar-refractivity contribution in [3.63, 3.8) is 0 Å². The van der Waals surface area contributed by atoms with Crippen LogP contribution in [0.15, 0.2) is 34.9 Å². The molecule has 0 aliphatic carbocycles. The van der Waals surface area contributed by atoms with Crippen molar-refractivity contribution in [2.75, 3.05) is 81.5 Å². The minimum absolute atomic E-state index is 0.0528. The topological polar surface area (TPSA) is 164 Å². The number of nitrogens with one attached hydrogen (secondary N) is 3. The molecule has 222 valence electrons. The first-order valence-corrected chi connectivity index (χ1v) is 13.7. The summed E-state index contributed by atoms with van der Waals surface area (Å²) in [7, 11) is 0. The Bertz CT molecular complexity index is 1530. The van der Waals surface area contributed by atoms with Gasteiger partial charge in [-0.15, -0.1) is 5.10 Å². The zero-order chi connectivity index (χ0) is 29.1. The quantitative estimate of drug-likeness (QED) is 0.217. The maximum absolute atomic E-state index is 14.8. The predicted molar refractivity (Wildman–Crippen MR) is 149 cm³/mol. The molecule has 2 aliphatic heterocycles. The Morgan fingerprint density at radius 2 is 2.00 bits per heavy atom. The number of anilines is 3. The van der Waals surface area contributed by atoms with E-state index in [1.807, 2.05) is 4.90 Å². The monoisotopic (exact) mass is 583 g/mol. The fourth-order valence-electron chi connectivity index (χ4n) is 4.95. The van der Waals surface area contributed by atoms with Crippen molar-refractivity contribution in [2.45, 2.75) is 6.04 Å². The third-order valence-corrected chi connectivity index (χ3v) is 7.19. The largest absolute Gasteiger partial charge is 0.461 e. The number of morpholine rings is 1. The van der Waals surface area contributed by atoms with Gasteiger partial charge >= 0.3 is 0 Å². The summed E-state index contributed by atoms with van der Waals surface area (Å²) < 4.78 is 41.3. The SMILES string of the molecule is Nc1nc(NCCN2CCN(c3cc(C(=O)NCC4COCCN4)c(F)cc3F)CC2)nc2nc(-c3ccco3)nn12. The Labute approximate surface area is 239 Å². The van der Waals surface area contributed by atoms with Crippen molar-refractivity contribution in [1.29, 1.82) is 0 Å². The van der Waals surface area contributed by atoms with Crippen LogP contribution < -0.4 is 26.6 Å². The molecule has 6 rings (SSSR count). The number of nitrogens with two attached hydrogens (primary N) is 1. The van der Waals surface area contributed by atoms with Crippen LogP contribution in [0, 0.1) is 11.6 Å². The molecule has 0 saturated carbocycles. The number of carbonyl (C=O) groups excluding carboxylic acids is 1. The van der Waals surface area contributed by atoms with E-state index in [4.69, 9.17) is 14.9 Å². The number of fused-ring (bicyclic) bond motifs is 1. The summed E-state index contributed by atoms with van der Waals surface area (Å²) in [5.74, 6) is -0.580. The van der Waals surface area contributed by atoms with Gasteiger partial charge in [0.25, 0.3) is 11.7 Å². The van der Waals surface area contributed by atoms with Crippen LogP contribution in [-0.4, -0.2) is 107 Å². The number of hydrogen-bond acceptors (Lipinski definition) is 12. The van der Waals surface area contributed by atoms with E-state index >= 15 is 0 Å². The highest BCUT2D eigenvalue weighted by atomic mass is 19.1. The summed E-state index contributed by atoms with van der Waals surface area (Å²) in [6.07, 6.45) is 1.53. The number of halogens is 2.